The van der Waals surface area contributed by atoms with E-state index in [9.17, 15) is 9.90 Å². The van der Waals surface area contributed by atoms with E-state index in [-0.39, 0.29) is 5.75 Å². The Balaban J connectivity index is 2.45. The predicted octanol–water partition coefficient (Wildman–Crippen LogP) is 3.35. The molecule has 0 amide bonds. The fourth-order valence-corrected chi connectivity index (χ4v) is 2.73. The molecule has 1 N–H and O–H groups in total. The molecule has 94 valence electrons. The van der Waals surface area contributed by atoms with Crippen molar-refractivity contribution in [3.8, 4) is 5.75 Å². The second kappa shape index (κ2) is 5.39. The van der Waals surface area contributed by atoms with Crippen LogP contribution >= 0.6 is 0 Å². The van der Waals surface area contributed by atoms with Crippen LogP contribution in [-0.4, -0.2) is 5.11 Å². The van der Waals surface area contributed by atoms with Crippen molar-refractivity contribution in [3.63, 3.8) is 0 Å². The summed E-state index contributed by atoms with van der Waals surface area (Å²) in [5, 5.41) is 9.88. The van der Waals surface area contributed by atoms with Crippen molar-refractivity contribution in [2.45, 2.75) is 57.8 Å². The molecule has 1 aromatic rings. The second-order valence-corrected chi connectivity index (χ2v) is 4.88. The number of aromatic hydroxyl groups is 1. The van der Waals surface area contributed by atoms with Crippen LogP contribution in [0, 0.1) is 0 Å². The van der Waals surface area contributed by atoms with Gasteiger partial charge in [-0.1, -0.05) is 26.2 Å². The van der Waals surface area contributed by atoms with Crippen molar-refractivity contribution >= 4 is 0 Å². The highest BCUT2D eigenvalue weighted by atomic mass is 16.4. The quantitative estimate of drug-likeness (QED) is 0.856. The van der Waals surface area contributed by atoms with E-state index in [1.165, 1.54) is 18.9 Å². The van der Waals surface area contributed by atoms with Crippen LogP contribution in [0.4, 0.5) is 0 Å². The maximum Gasteiger partial charge on any atom is 0.339 e. The average Bonchev–Trinajstić information content (AvgIpc) is 2.26. The highest BCUT2D eigenvalue weighted by Gasteiger charge is 2.22. The van der Waals surface area contributed by atoms with Crippen molar-refractivity contribution < 1.29 is 9.52 Å². The largest absolute Gasteiger partial charge is 0.507 e. The first kappa shape index (κ1) is 12.2. The van der Waals surface area contributed by atoms with Crippen LogP contribution in [0.1, 0.15) is 62.7 Å². The van der Waals surface area contributed by atoms with Crippen LogP contribution in [0.3, 0.4) is 0 Å². The zero-order chi connectivity index (χ0) is 12.3. The lowest BCUT2D eigenvalue weighted by Crippen LogP contribution is -2.11. The van der Waals surface area contributed by atoms with E-state index in [1.807, 2.05) is 0 Å². The zero-order valence-electron chi connectivity index (χ0n) is 10.4. The second-order valence-electron chi connectivity index (χ2n) is 4.88. The summed E-state index contributed by atoms with van der Waals surface area (Å²) in [6.07, 6.45) is 7.43. The highest BCUT2D eigenvalue weighted by Crippen LogP contribution is 2.35. The van der Waals surface area contributed by atoms with Gasteiger partial charge in [0, 0.05) is 11.5 Å². The Hall–Kier alpha value is -1.25. The number of fused-ring (bicyclic) bond motifs is 1. The Bertz CT molecular complexity index is 434. The van der Waals surface area contributed by atoms with Crippen LogP contribution in [0.25, 0.3) is 0 Å². The smallest absolute Gasteiger partial charge is 0.339 e. The molecule has 3 heteroatoms. The van der Waals surface area contributed by atoms with Crippen LogP contribution in [0.5, 0.6) is 5.75 Å². The summed E-state index contributed by atoms with van der Waals surface area (Å²) in [6.45, 7) is 2.14. The van der Waals surface area contributed by atoms with E-state index >= 15 is 0 Å². The van der Waals surface area contributed by atoms with Gasteiger partial charge in [-0.2, -0.15) is 0 Å². The van der Waals surface area contributed by atoms with Crippen LogP contribution in [-0.2, 0) is 6.42 Å². The SMILES string of the molecule is CCCC1CCCCCc2c(O)cc(=O)oc21. The van der Waals surface area contributed by atoms with Gasteiger partial charge in [0.15, 0.2) is 0 Å². The molecular formula is C14H20O3. The maximum absolute atomic E-state index is 11.4. The minimum Gasteiger partial charge on any atom is -0.507 e. The molecule has 3 nitrogen and oxygen atoms in total. The van der Waals surface area contributed by atoms with Crippen LogP contribution in [0.2, 0.25) is 0 Å². The fraction of sp³-hybridized carbons (Fsp3) is 0.643. The van der Waals surface area contributed by atoms with Gasteiger partial charge in [-0.3, -0.25) is 0 Å². The molecular weight excluding hydrogens is 216 g/mol. The fourth-order valence-electron chi connectivity index (χ4n) is 2.73. The van der Waals surface area contributed by atoms with Gasteiger partial charge in [0.25, 0.3) is 0 Å². The maximum atomic E-state index is 11.4. The molecule has 1 heterocycles. The molecule has 0 fully saturated rings. The van der Waals surface area contributed by atoms with Gasteiger partial charge in [-0.25, -0.2) is 4.79 Å². The summed E-state index contributed by atoms with van der Waals surface area (Å²) in [5.41, 5.74) is 0.436. The molecule has 1 aliphatic carbocycles. The van der Waals surface area contributed by atoms with Gasteiger partial charge in [0.1, 0.15) is 11.5 Å². The topological polar surface area (TPSA) is 50.4 Å². The summed E-state index contributed by atoms with van der Waals surface area (Å²) < 4.78 is 5.37. The molecule has 0 bridgehead atoms. The Morgan fingerprint density at radius 1 is 1.41 bits per heavy atom. The predicted molar refractivity (Wildman–Crippen MR) is 66.5 cm³/mol. The van der Waals surface area contributed by atoms with Crippen LogP contribution < -0.4 is 5.63 Å². The van der Waals surface area contributed by atoms with Gasteiger partial charge < -0.3 is 9.52 Å². The molecule has 0 aromatic carbocycles. The van der Waals surface area contributed by atoms with E-state index in [2.05, 4.69) is 6.92 Å². The molecule has 1 aliphatic rings. The van der Waals surface area contributed by atoms with E-state index in [0.29, 0.717) is 5.92 Å². The minimum atomic E-state index is -0.428. The van der Waals surface area contributed by atoms with Crippen molar-refractivity contribution in [2.24, 2.45) is 0 Å². The van der Waals surface area contributed by atoms with Gasteiger partial charge in [0.05, 0.1) is 6.07 Å². The molecule has 0 saturated heterocycles. The summed E-state index contributed by atoms with van der Waals surface area (Å²) >= 11 is 0. The molecule has 1 unspecified atom stereocenters. The third kappa shape index (κ3) is 2.71. The first-order valence-electron chi connectivity index (χ1n) is 6.58. The lowest BCUT2D eigenvalue weighted by atomic mass is 9.87. The van der Waals surface area contributed by atoms with E-state index < -0.39 is 5.63 Å². The molecule has 0 radical (unpaired) electrons. The Morgan fingerprint density at radius 2 is 2.24 bits per heavy atom. The van der Waals surface area contributed by atoms with E-state index in [4.69, 9.17) is 4.42 Å². The molecule has 1 atom stereocenters. The first-order chi connectivity index (χ1) is 8.22. The van der Waals surface area contributed by atoms with E-state index in [0.717, 1.165) is 43.4 Å². The van der Waals surface area contributed by atoms with Gasteiger partial charge in [-0.15, -0.1) is 0 Å². The molecule has 1 aromatic heterocycles. The molecule has 0 aliphatic heterocycles. The van der Waals surface area contributed by atoms with Crippen LogP contribution in [0.15, 0.2) is 15.3 Å². The molecule has 0 saturated carbocycles. The standard InChI is InChI=1S/C14H20O3/c1-2-6-10-7-4-3-5-8-11-12(15)9-13(16)17-14(10)11/h9-10,15H,2-8H2,1H3. The zero-order valence-corrected chi connectivity index (χ0v) is 10.4. The van der Waals surface area contributed by atoms with Gasteiger partial charge in [-0.05, 0) is 25.7 Å². The summed E-state index contributed by atoms with van der Waals surface area (Å²) in [5.74, 6) is 1.17. The van der Waals surface area contributed by atoms with E-state index in [1.54, 1.807) is 0 Å². The minimum absolute atomic E-state index is 0.124. The normalized spacial score (nSPS) is 20.4. The Kier molecular flexibility index (Phi) is 3.87. The van der Waals surface area contributed by atoms with Crippen molar-refractivity contribution in [3.05, 3.63) is 27.8 Å². The third-order valence-corrected chi connectivity index (χ3v) is 3.56. The van der Waals surface area contributed by atoms with Gasteiger partial charge >= 0.3 is 5.63 Å². The Labute approximate surface area is 101 Å². The number of rotatable bonds is 2. The monoisotopic (exact) mass is 236 g/mol. The molecule has 0 spiro atoms. The highest BCUT2D eigenvalue weighted by molar-refractivity contribution is 5.35. The number of hydrogen-bond acceptors (Lipinski definition) is 3. The van der Waals surface area contributed by atoms with Crippen molar-refractivity contribution in [1.29, 1.82) is 0 Å². The molecule has 2 rings (SSSR count). The van der Waals surface area contributed by atoms with Gasteiger partial charge in [0.2, 0.25) is 0 Å². The summed E-state index contributed by atoms with van der Waals surface area (Å²) in [4.78, 5) is 11.4. The lowest BCUT2D eigenvalue weighted by Gasteiger charge is -2.21. The van der Waals surface area contributed by atoms with Crippen molar-refractivity contribution in [2.75, 3.05) is 0 Å². The van der Waals surface area contributed by atoms with Crippen molar-refractivity contribution in [1.82, 2.24) is 0 Å². The summed E-state index contributed by atoms with van der Waals surface area (Å²) in [7, 11) is 0. The average molecular weight is 236 g/mol. The number of hydrogen-bond donors (Lipinski definition) is 1. The third-order valence-electron chi connectivity index (χ3n) is 3.56. The lowest BCUT2D eigenvalue weighted by molar-refractivity contribution is 0.355. The first-order valence-corrected chi connectivity index (χ1v) is 6.58. The summed E-state index contributed by atoms with van der Waals surface area (Å²) in [6, 6.07) is 1.20. The molecule has 17 heavy (non-hydrogen) atoms. The Morgan fingerprint density at radius 3 is 3.00 bits per heavy atom.